The van der Waals surface area contributed by atoms with E-state index in [0.717, 1.165) is 41.6 Å². The number of fused-ring (bicyclic) bond motifs is 2. The number of aryl methyl sites for hydroxylation is 2. The minimum atomic E-state index is -0.944. The van der Waals surface area contributed by atoms with Gasteiger partial charge in [-0.1, -0.05) is 17.3 Å². The molecule has 2 aromatic carbocycles. The standard InChI is InChI=1S/C25H28F2N6O/c1-16-3-2-12-33(16)23(34)15-28-11-10-25(24-29-31-32-30-24)21-9-8-19(26)13-18(21)5-4-17-6-7-20(27)14-22(17)25/h6-9,13-14,16,28H,2-5,10-12,15H2,1H3,(H,29,30,31,32)/t16-,25?/m1/s1. The van der Waals surface area contributed by atoms with E-state index >= 15 is 0 Å². The predicted octanol–water partition coefficient (Wildman–Crippen LogP) is 2.90. The van der Waals surface area contributed by atoms with Crippen molar-refractivity contribution in [1.82, 2.24) is 30.8 Å². The number of amides is 1. The zero-order chi connectivity index (χ0) is 23.7. The van der Waals surface area contributed by atoms with Crippen molar-refractivity contribution in [2.45, 2.75) is 50.5 Å². The Kier molecular flexibility index (Phi) is 6.12. The number of hydrogen-bond acceptors (Lipinski definition) is 5. The molecule has 1 amide bonds. The number of aromatic nitrogens is 4. The molecule has 34 heavy (non-hydrogen) atoms. The van der Waals surface area contributed by atoms with Crippen molar-refractivity contribution < 1.29 is 13.6 Å². The molecule has 3 aromatic rings. The average molecular weight is 467 g/mol. The maximum absolute atomic E-state index is 14.6. The summed E-state index contributed by atoms with van der Waals surface area (Å²) in [6, 6.07) is 9.73. The summed E-state index contributed by atoms with van der Waals surface area (Å²) in [6.07, 6.45) is 3.77. The second-order valence-corrected chi connectivity index (χ2v) is 9.25. The van der Waals surface area contributed by atoms with Gasteiger partial charge in [-0.25, -0.2) is 8.78 Å². The van der Waals surface area contributed by atoms with Crippen LogP contribution in [-0.4, -0.2) is 57.1 Å². The van der Waals surface area contributed by atoms with Crippen LogP contribution in [0.2, 0.25) is 0 Å². The lowest BCUT2D eigenvalue weighted by molar-refractivity contribution is -0.130. The maximum Gasteiger partial charge on any atom is 0.236 e. The third-order valence-electron chi connectivity index (χ3n) is 7.28. The van der Waals surface area contributed by atoms with E-state index in [2.05, 4.69) is 32.9 Å². The van der Waals surface area contributed by atoms with E-state index in [1.807, 2.05) is 4.90 Å². The number of carbonyl (C=O) groups is 1. The Bertz CT molecular complexity index is 1180. The normalized spacial score (nSPS) is 21.7. The van der Waals surface area contributed by atoms with E-state index in [1.54, 1.807) is 12.1 Å². The summed E-state index contributed by atoms with van der Waals surface area (Å²) in [5.41, 5.74) is 2.44. The van der Waals surface area contributed by atoms with Crippen LogP contribution in [0.1, 0.15) is 54.3 Å². The Labute approximate surface area is 196 Å². The number of tetrazole rings is 1. The second kappa shape index (κ2) is 9.21. The van der Waals surface area contributed by atoms with Crippen LogP contribution in [0.5, 0.6) is 0 Å². The Morgan fingerprint density at radius 3 is 2.71 bits per heavy atom. The molecule has 1 aromatic heterocycles. The van der Waals surface area contributed by atoms with E-state index in [-0.39, 0.29) is 30.1 Å². The van der Waals surface area contributed by atoms with Gasteiger partial charge in [0.25, 0.3) is 0 Å². The molecule has 2 N–H and O–H groups in total. The first-order valence-corrected chi connectivity index (χ1v) is 11.8. The summed E-state index contributed by atoms with van der Waals surface area (Å²) in [6.45, 7) is 3.54. The third-order valence-corrected chi connectivity index (χ3v) is 7.28. The molecule has 1 aliphatic carbocycles. The monoisotopic (exact) mass is 466 g/mol. The smallest absolute Gasteiger partial charge is 0.236 e. The molecule has 1 saturated heterocycles. The molecule has 9 heteroatoms. The average Bonchev–Trinajstić information content (AvgIpc) is 3.49. The highest BCUT2D eigenvalue weighted by molar-refractivity contribution is 5.78. The summed E-state index contributed by atoms with van der Waals surface area (Å²) >= 11 is 0. The van der Waals surface area contributed by atoms with Gasteiger partial charge in [-0.15, -0.1) is 10.2 Å². The van der Waals surface area contributed by atoms with Crippen LogP contribution in [0.15, 0.2) is 36.4 Å². The number of nitrogens with one attached hydrogen (secondary N) is 2. The highest BCUT2D eigenvalue weighted by Crippen LogP contribution is 2.45. The first-order valence-electron chi connectivity index (χ1n) is 11.8. The predicted molar refractivity (Wildman–Crippen MR) is 122 cm³/mol. The topological polar surface area (TPSA) is 86.8 Å². The number of hydrogen-bond donors (Lipinski definition) is 2. The molecule has 2 heterocycles. The minimum absolute atomic E-state index is 0.0772. The lowest BCUT2D eigenvalue weighted by Gasteiger charge is -2.34. The zero-order valence-corrected chi connectivity index (χ0v) is 19.2. The molecule has 1 aliphatic heterocycles. The third kappa shape index (κ3) is 3.98. The van der Waals surface area contributed by atoms with Crippen LogP contribution < -0.4 is 5.32 Å². The Balaban J connectivity index is 1.52. The highest BCUT2D eigenvalue weighted by atomic mass is 19.1. The number of halogens is 2. The van der Waals surface area contributed by atoms with Crippen molar-refractivity contribution in [3.8, 4) is 0 Å². The molecule has 1 unspecified atom stereocenters. The number of H-pyrrole nitrogens is 1. The fourth-order valence-electron chi connectivity index (χ4n) is 5.61. The number of nitrogens with zero attached hydrogens (tertiary/aromatic N) is 4. The summed E-state index contributed by atoms with van der Waals surface area (Å²) in [4.78, 5) is 14.6. The molecule has 2 aliphatic rings. The summed E-state index contributed by atoms with van der Waals surface area (Å²) in [5.74, 6) is -0.200. The Morgan fingerprint density at radius 2 is 1.94 bits per heavy atom. The second-order valence-electron chi connectivity index (χ2n) is 9.25. The van der Waals surface area contributed by atoms with Gasteiger partial charge in [-0.3, -0.25) is 4.79 Å². The molecule has 0 saturated carbocycles. The van der Waals surface area contributed by atoms with Gasteiger partial charge in [0.1, 0.15) is 11.6 Å². The first kappa shape index (κ1) is 22.6. The molecule has 0 bridgehead atoms. The fraction of sp³-hybridized carbons (Fsp3) is 0.440. The molecule has 0 radical (unpaired) electrons. The van der Waals surface area contributed by atoms with Crippen molar-refractivity contribution in [3.63, 3.8) is 0 Å². The van der Waals surface area contributed by atoms with E-state index in [4.69, 9.17) is 0 Å². The van der Waals surface area contributed by atoms with Crippen molar-refractivity contribution in [2.75, 3.05) is 19.6 Å². The van der Waals surface area contributed by atoms with Gasteiger partial charge in [0.2, 0.25) is 5.91 Å². The van der Waals surface area contributed by atoms with Gasteiger partial charge < -0.3 is 10.2 Å². The number of carbonyl (C=O) groups excluding carboxylic acids is 1. The lowest BCUT2D eigenvalue weighted by atomic mass is 9.69. The molecule has 0 spiro atoms. The van der Waals surface area contributed by atoms with Gasteiger partial charge in [0.15, 0.2) is 5.82 Å². The largest absolute Gasteiger partial charge is 0.339 e. The molecular formula is C25H28F2N6O. The SMILES string of the molecule is C[C@@H]1CCCN1C(=O)CNCCC1(c2nn[nH]n2)c2ccc(F)cc2CCc2ccc(F)cc21. The summed E-state index contributed by atoms with van der Waals surface area (Å²) in [7, 11) is 0. The number of rotatable bonds is 6. The van der Waals surface area contributed by atoms with E-state index in [0.29, 0.717) is 31.6 Å². The Morgan fingerprint density at radius 1 is 1.15 bits per heavy atom. The van der Waals surface area contributed by atoms with E-state index < -0.39 is 5.41 Å². The van der Waals surface area contributed by atoms with Crippen molar-refractivity contribution in [2.24, 2.45) is 0 Å². The van der Waals surface area contributed by atoms with Gasteiger partial charge >= 0.3 is 0 Å². The van der Waals surface area contributed by atoms with Crippen LogP contribution in [0.4, 0.5) is 8.78 Å². The van der Waals surface area contributed by atoms with Crippen LogP contribution in [0.25, 0.3) is 0 Å². The lowest BCUT2D eigenvalue weighted by Crippen LogP contribution is -2.42. The van der Waals surface area contributed by atoms with Crippen molar-refractivity contribution in [1.29, 1.82) is 0 Å². The van der Waals surface area contributed by atoms with Gasteiger partial charge in [0, 0.05) is 12.6 Å². The van der Waals surface area contributed by atoms with Crippen LogP contribution in [0, 0.1) is 11.6 Å². The number of benzene rings is 2. The highest BCUT2D eigenvalue weighted by Gasteiger charge is 2.44. The number of likely N-dealkylation sites (tertiary alicyclic amines) is 1. The maximum atomic E-state index is 14.6. The molecule has 178 valence electrons. The molecule has 2 atom stereocenters. The van der Waals surface area contributed by atoms with E-state index in [1.165, 1.54) is 24.3 Å². The van der Waals surface area contributed by atoms with Crippen molar-refractivity contribution in [3.05, 3.63) is 76.1 Å². The summed E-state index contributed by atoms with van der Waals surface area (Å²) in [5, 5.41) is 18.2. The van der Waals surface area contributed by atoms with Crippen molar-refractivity contribution >= 4 is 5.91 Å². The molecule has 5 rings (SSSR count). The molecule has 7 nitrogen and oxygen atoms in total. The summed E-state index contributed by atoms with van der Waals surface area (Å²) < 4.78 is 28.8. The van der Waals surface area contributed by atoms with Gasteiger partial charge in [-0.05, 0) is 92.1 Å². The van der Waals surface area contributed by atoms with E-state index in [9.17, 15) is 13.6 Å². The van der Waals surface area contributed by atoms with Gasteiger partial charge in [0.05, 0.1) is 12.0 Å². The fourth-order valence-corrected chi connectivity index (χ4v) is 5.61. The zero-order valence-electron chi connectivity index (χ0n) is 19.2. The molecule has 1 fully saturated rings. The van der Waals surface area contributed by atoms with Crippen LogP contribution >= 0.6 is 0 Å². The van der Waals surface area contributed by atoms with Crippen LogP contribution in [-0.2, 0) is 23.1 Å². The van der Waals surface area contributed by atoms with Gasteiger partial charge in [-0.2, -0.15) is 5.21 Å². The number of aromatic amines is 1. The minimum Gasteiger partial charge on any atom is -0.339 e. The quantitative estimate of drug-likeness (QED) is 0.546. The van der Waals surface area contributed by atoms with Crippen LogP contribution in [0.3, 0.4) is 0 Å². The molecular weight excluding hydrogens is 438 g/mol. The first-order chi connectivity index (χ1) is 16.5. The Hall–Kier alpha value is -3.20.